The summed E-state index contributed by atoms with van der Waals surface area (Å²) in [5.74, 6) is 1.83. The molecule has 1 aromatic heterocycles. The number of nitrogens with zero attached hydrogens (tertiary/aromatic N) is 3. The van der Waals surface area contributed by atoms with Gasteiger partial charge in [0, 0.05) is 13.6 Å². The van der Waals surface area contributed by atoms with Gasteiger partial charge in [-0.3, -0.25) is 0 Å². The Morgan fingerprint density at radius 1 is 1.00 bits per heavy atom. The molecule has 2 N–H and O–H groups in total. The van der Waals surface area contributed by atoms with Gasteiger partial charge in [-0.1, -0.05) is 39.5 Å². The number of rotatable bonds is 9. The molecule has 0 aromatic carbocycles. The summed E-state index contributed by atoms with van der Waals surface area (Å²) in [7, 11) is 1.75. The molecule has 1 rings (SSSR count). The first-order chi connectivity index (χ1) is 9.11. The number of unbranched alkanes of at least 4 members (excludes halogenated alkanes) is 3. The second-order valence-corrected chi connectivity index (χ2v) is 5.36. The molecule has 19 heavy (non-hydrogen) atoms. The average Bonchev–Trinajstić information content (AvgIpc) is 2.36. The van der Waals surface area contributed by atoms with Crippen molar-refractivity contribution in [1.82, 2.24) is 15.0 Å². The molecule has 0 saturated heterocycles. The molecule has 0 aliphatic carbocycles. The standard InChI is InChI=1S/C13H24ClN5/c1-10(2)8-6-4-5-7-9-16-13-18-11(14)17-12(15-3)19-13/h10H,4-9H2,1-3H3,(H2,15,16,17,18,19). The Labute approximate surface area is 120 Å². The Morgan fingerprint density at radius 3 is 2.37 bits per heavy atom. The van der Waals surface area contributed by atoms with Crippen LogP contribution in [0.2, 0.25) is 5.28 Å². The molecule has 0 atom stereocenters. The van der Waals surface area contributed by atoms with Gasteiger partial charge >= 0.3 is 0 Å². The van der Waals surface area contributed by atoms with Gasteiger partial charge in [-0.05, 0) is 23.9 Å². The summed E-state index contributed by atoms with van der Waals surface area (Å²) < 4.78 is 0. The number of aromatic nitrogens is 3. The summed E-state index contributed by atoms with van der Waals surface area (Å²) in [4.78, 5) is 12.1. The molecule has 0 radical (unpaired) electrons. The highest BCUT2D eigenvalue weighted by atomic mass is 35.5. The summed E-state index contributed by atoms with van der Waals surface area (Å²) in [5, 5.41) is 6.23. The van der Waals surface area contributed by atoms with Crippen LogP contribution in [0.1, 0.15) is 46.0 Å². The second kappa shape index (κ2) is 8.91. The fourth-order valence-corrected chi connectivity index (χ4v) is 1.93. The van der Waals surface area contributed by atoms with Crippen LogP contribution in [0.5, 0.6) is 0 Å². The first-order valence-corrected chi connectivity index (χ1v) is 7.33. The third-order valence-corrected chi connectivity index (χ3v) is 2.99. The van der Waals surface area contributed by atoms with E-state index in [4.69, 9.17) is 11.6 Å². The highest BCUT2D eigenvalue weighted by Gasteiger charge is 2.02. The Bertz CT molecular complexity index is 370. The molecule has 5 nitrogen and oxygen atoms in total. The van der Waals surface area contributed by atoms with Gasteiger partial charge in [0.2, 0.25) is 17.2 Å². The van der Waals surface area contributed by atoms with Crippen molar-refractivity contribution in [1.29, 1.82) is 0 Å². The summed E-state index contributed by atoms with van der Waals surface area (Å²) in [5.41, 5.74) is 0. The number of anilines is 2. The fraction of sp³-hybridized carbons (Fsp3) is 0.769. The predicted octanol–water partition coefficient (Wildman–Crippen LogP) is 3.59. The van der Waals surface area contributed by atoms with E-state index in [2.05, 4.69) is 39.4 Å². The molecule has 0 spiro atoms. The van der Waals surface area contributed by atoms with Crippen LogP contribution < -0.4 is 10.6 Å². The van der Waals surface area contributed by atoms with Crippen molar-refractivity contribution < 1.29 is 0 Å². The molecule has 1 heterocycles. The maximum absolute atomic E-state index is 5.80. The molecule has 0 saturated carbocycles. The van der Waals surface area contributed by atoms with Crippen LogP contribution in [0.3, 0.4) is 0 Å². The van der Waals surface area contributed by atoms with E-state index >= 15 is 0 Å². The topological polar surface area (TPSA) is 62.7 Å². The lowest BCUT2D eigenvalue weighted by atomic mass is 10.0. The molecule has 0 amide bonds. The van der Waals surface area contributed by atoms with Crippen molar-refractivity contribution in [2.24, 2.45) is 5.92 Å². The molecule has 108 valence electrons. The minimum atomic E-state index is 0.207. The maximum atomic E-state index is 5.80. The lowest BCUT2D eigenvalue weighted by molar-refractivity contribution is 0.523. The van der Waals surface area contributed by atoms with E-state index in [-0.39, 0.29) is 5.28 Å². The van der Waals surface area contributed by atoms with E-state index in [9.17, 15) is 0 Å². The maximum Gasteiger partial charge on any atom is 0.228 e. The first-order valence-electron chi connectivity index (χ1n) is 6.95. The van der Waals surface area contributed by atoms with E-state index in [0.29, 0.717) is 11.9 Å². The molecule has 0 fully saturated rings. The summed E-state index contributed by atoms with van der Waals surface area (Å²) >= 11 is 5.80. The number of halogens is 1. The average molecular weight is 286 g/mol. The highest BCUT2D eigenvalue weighted by molar-refractivity contribution is 6.28. The van der Waals surface area contributed by atoms with Crippen molar-refractivity contribution in [3.8, 4) is 0 Å². The molecule has 0 aliphatic rings. The van der Waals surface area contributed by atoms with Crippen LogP contribution in [0.15, 0.2) is 0 Å². The van der Waals surface area contributed by atoms with Gasteiger partial charge in [-0.2, -0.15) is 15.0 Å². The predicted molar refractivity (Wildman–Crippen MR) is 80.8 cm³/mol. The first kappa shape index (κ1) is 16.0. The third-order valence-electron chi connectivity index (χ3n) is 2.82. The minimum Gasteiger partial charge on any atom is -0.357 e. The smallest absolute Gasteiger partial charge is 0.228 e. The Morgan fingerprint density at radius 2 is 1.68 bits per heavy atom. The lowest BCUT2D eigenvalue weighted by Crippen LogP contribution is -2.08. The summed E-state index contributed by atoms with van der Waals surface area (Å²) in [6.45, 7) is 5.40. The number of hydrogen-bond acceptors (Lipinski definition) is 5. The summed E-state index contributed by atoms with van der Waals surface area (Å²) in [6.07, 6.45) is 6.29. The molecule has 0 bridgehead atoms. The number of nitrogens with one attached hydrogen (secondary N) is 2. The van der Waals surface area contributed by atoms with Gasteiger partial charge < -0.3 is 10.6 Å². The van der Waals surface area contributed by atoms with E-state index in [1.165, 1.54) is 25.7 Å². The lowest BCUT2D eigenvalue weighted by Gasteiger charge is -2.07. The van der Waals surface area contributed by atoms with Crippen LogP contribution in [0, 0.1) is 5.92 Å². The van der Waals surface area contributed by atoms with Crippen LogP contribution in [0.25, 0.3) is 0 Å². The van der Waals surface area contributed by atoms with Crippen LogP contribution in [-0.4, -0.2) is 28.5 Å². The van der Waals surface area contributed by atoms with Gasteiger partial charge in [0.1, 0.15) is 0 Å². The van der Waals surface area contributed by atoms with Crippen molar-refractivity contribution in [2.45, 2.75) is 46.0 Å². The quantitative estimate of drug-likeness (QED) is 0.679. The van der Waals surface area contributed by atoms with Crippen LogP contribution in [0.4, 0.5) is 11.9 Å². The van der Waals surface area contributed by atoms with E-state index < -0.39 is 0 Å². The normalized spacial score (nSPS) is 10.8. The number of hydrogen-bond donors (Lipinski definition) is 2. The van der Waals surface area contributed by atoms with Gasteiger partial charge in [-0.25, -0.2) is 0 Å². The summed E-state index contributed by atoms with van der Waals surface area (Å²) in [6, 6.07) is 0. The van der Waals surface area contributed by atoms with Crippen LogP contribution in [-0.2, 0) is 0 Å². The Hall–Kier alpha value is -1.10. The zero-order valence-corrected chi connectivity index (χ0v) is 12.8. The van der Waals surface area contributed by atoms with Gasteiger partial charge in [0.15, 0.2) is 0 Å². The minimum absolute atomic E-state index is 0.207. The molecule has 1 aromatic rings. The molecular formula is C13H24ClN5. The zero-order valence-electron chi connectivity index (χ0n) is 12.0. The molecular weight excluding hydrogens is 262 g/mol. The third kappa shape index (κ3) is 7.15. The fourth-order valence-electron chi connectivity index (χ4n) is 1.77. The van der Waals surface area contributed by atoms with Gasteiger partial charge in [0.05, 0.1) is 0 Å². The van der Waals surface area contributed by atoms with Crippen LogP contribution >= 0.6 is 11.6 Å². The Kier molecular flexibility index (Phi) is 7.48. The van der Waals surface area contributed by atoms with E-state index in [1.54, 1.807) is 7.05 Å². The van der Waals surface area contributed by atoms with Gasteiger partial charge in [-0.15, -0.1) is 0 Å². The monoisotopic (exact) mass is 285 g/mol. The van der Waals surface area contributed by atoms with Crippen molar-refractivity contribution in [3.05, 3.63) is 5.28 Å². The molecule has 0 aliphatic heterocycles. The SMILES string of the molecule is CNc1nc(Cl)nc(NCCCCCCC(C)C)n1. The Balaban J connectivity index is 2.17. The van der Waals surface area contributed by atoms with Crippen molar-refractivity contribution in [3.63, 3.8) is 0 Å². The van der Waals surface area contributed by atoms with E-state index in [0.717, 1.165) is 18.9 Å². The second-order valence-electron chi connectivity index (χ2n) is 5.03. The van der Waals surface area contributed by atoms with Crippen molar-refractivity contribution >= 4 is 23.5 Å². The molecule has 6 heteroatoms. The van der Waals surface area contributed by atoms with Crippen molar-refractivity contribution in [2.75, 3.05) is 24.2 Å². The highest BCUT2D eigenvalue weighted by Crippen LogP contribution is 2.11. The van der Waals surface area contributed by atoms with Gasteiger partial charge in [0.25, 0.3) is 0 Å². The van der Waals surface area contributed by atoms with E-state index in [1.807, 2.05) is 0 Å². The zero-order chi connectivity index (χ0) is 14.1. The largest absolute Gasteiger partial charge is 0.357 e. The molecule has 0 unspecified atom stereocenters.